The quantitative estimate of drug-likeness (QED) is 0.433. The molecule has 1 aromatic heterocycles. The molecule has 15 heavy (non-hydrogen) atoms. The molecular formula is C9H10INO3S. The molecule has 4 nitrogen and oxygen atoms in total. The van der Waals surface area contributed by atoms with Crippen LogP contribution in [0.1, 0.15) is 0 Å². The fourth-order valence-electron chi connectivity index (χ4n) is 1.41. The molecule has 6 heteroatoms. The van der Waals surface area contributed by atoms with Crippen LogP contribution in [0.4, 0.5) is 0 Å². The van der Waals surface area contributed by atoms with Gasteiger partial charge in [0.1, 0.15) is 7.05 Å². The van der Waals surface area contributed by atoms with Gasteiger partial charge in [-0.15, -0.1) is 4.57 Å². The van der Waals surface area contributed by atoms with Crippen molar-refractivity contribution in [3.63, 3.8) is 0 Å². The molecule has 0 unspecified atom stereocenters. The number of fused-ring (bicyclic) bond motifs is 1. The maximum atomic E-state index is 11.3. The maximum Gasteiger partial charge on any atom is 0.470 e. The Morgan fingerprint density at radius 2 is 1.87 bits per heavy atom. The predicted octanol–water partition coefficient (Wildman–Crippen LogP) is -2.34. The van der Waals surface area contributed by atoms with E-state index in [1.165, 1.54) is 4.57 Å². The fraction of sp³-hybridized carbons (Fsp3) is 0.222. The summed E-state index contributed by atoms with van der Waals surface area (Å²) < 4.78 is 29.4. The van der Waals surface area contributed by atoms with Gasteiger partial charge in [0.05, 0.1) is 6.26 Å². The lowest BCUT2D eigenvalue weighted by atomic mass is 10.3. The number of aromatic nitrogens is 1. The third kappa shape index (κ3) is 2.15. The Hall–Kier alpha value is -0.630. The van der Waals surface area contributed by atoms with Gasteiger partial charge in [0, 0.05) is 6.07 Å². The minimum Gasteiger partial charge on any atom is -1.00 e. The van der Waals surface area contributed by atoms with Gasteiger partial charge in [-0.3, -0.25) is 0 Å². The van der Waals surface area contributed by atoms with Crippen molar-refractivity contribution >= 4 is 20.9 Å². The van der Waals surface area contributed by atoms with Crippen molar-refractivity contribution in [1.29, 1.82) is 0 Å². The van der Waals surface area contributed by atoms with E-state index < -0.39 is 9.84 Å². The lowest BCUT2D eigenvalue weighted by molar-refractivity contribution is -0.693. The molecule has 0 N–H and O–H groups in total. The van der Waals surface area contributed by atoms with Crippen molar-refractivity contribution in [3.05, 3.63) is 24.3 Å². The molecule has 0 spiro atoms. The Morgan fingerprint density at radius 1 is 1.27 bits per heavy atom. The second kappa shape index (κ2) is 4.09. The summed E-state index contributed by atoms with van der Waals surface area (Å²) >= 11 is 0. The van der Waals surface area contributed by atoms with Crippen LogP contribution in [0, 0.1) is 0 Å². The molecule has 0 aliphatic carbocycles. The Kier molecular flexibility index (Phi) is 3.39. The van der Waals surface area contributed by atoms with Gasteiger partial charge in [-0.1, -0.05) is 12.1 Å². The summed E-state index contributed by atoms with van der Waals surface area (Å²) in [6.45, 7) is 0. The predicted molar refractivity (Wildman–Crippen MR) is 50.5 cm³/mol. The Labute approximate surface area is 105 Å². The smallest absolute Gasteiger partial charge is 0.470 e. The SMILES string of the molecule is C[n+]1c(S(C)(=O)=O)oc2ccccc21.[I-]. The number of hydrogen-bond acceptors (Lipinski definition) is 3. The summed E-state index contributed by atoms with van der Waals surface area (Å²) in [5.41, 5.74) is 1.35. The van der Waals surface area contributed by atoms with Gasteiger partial charge >= 0.3 is 5.22 Å². The van der Waals surface area contributed by atoms with E-state index in [0.29, 0.717) is 5.58 Å². The zero-order valence-electron chi connectivity index (χ0n) is 8.27. The van der Waals surface area contributed by atoms with Crippen LogP contribution in [0.25, 0.3) is 11.1 Å². The molecular weight excluding hydrogens is 329 g/mol. The van der Waals surface area contributed by atoms with Crippen LogP contribution in [-0.2, 0) is 16.9 Å². The van der Waals surface area contributed by atoms with Crippen LogP contribution >= 0.6 is 0 Å². The van der Waals surface area contributed by atoms with Crippen LogP contribution in [-0.4, -0.2) is 14.7 Å². The number of sulfone groups is 1. The van der Waals surface area contributed by atoms with Gasteiger partial charge in [-0.25, -0.2) is 8.42 Å². The Morgan fingerprint density at radius 3 is 2.40 bits per heavy atom. The van der Waals surface area contributed by atoms with E-state index in [1.54, 1.807) is 19.2 Å². The number of rotatable bonds is 1. The molecule has 2 aromatic rings. The molecule has 0 saturated carbocycles. The van der Waals surface area contributed by atoms with Crippen molar-refractivity contribution in [2.24, 2.45) is 7.05 Å². The highest BCUT2D eigenvalue weighted by Gasteiger charge is 2.27. The summed E-state index contributed by atoms with van der Waals surface area (Å²) in [5, 5.41) is -0.0151. The van der Waals surface area contributed by atoms with Gasteiger partial charge < -0.3 is 28.4 Å². The van der Waals surface area contributed by atoms with Gasteiger partial charge in [-0.05, 0) is 6.07 Å². The minimum atomic E-state index is -3.30. The minimum absolute atomic E-state index is 0. The molecule has 0 fully saturated rings. The van der Waals surface area contributed by atoms with Gasteiger partial charge in [-0.2, -0.15) is 0 Å². The first kappa shape index (κ1) is 12.4. The zero-order valence-corrected chi connectivity index (χ0v) is 11.2. The number of nitrogens with zero attached hydrogens (tertiary/aromatic N) is 1. The number of benzene rings is 1. The van der Waals surface area contributed by atoms with Gasteiger partial charge in [0.2, 0.25) is 5.58 Å². The van der Waals surface area contributed by atoms with E-state index in [2.05, 4.69) is 0 Å². The van der Waals surface area contributed by atoms with E-state index in [-0.39, 0.29) is 29.2 Å². The number of hydrogen-bond donors (Lipinski definition) is 0. The van der Waals surface area contributed by atoms with Crippen LogP contribution in [0.3, 0.4) is 0 Å². The molecule has 2 rings (SSSR count). The molecule has 82 valence electrons. The standard InChI is InChI=1S/C9H10NO3S.HI/c1-10-7-5-3-4-6-8(7)13-9(10)14(2,11)12;/h3-6H,1-2H3;1H/q+1;/p-1. The van der Waals surface area contributed by atoms with Crippen molar-refractivity contribution in [1.82, 2.24) is 0 Å². The van der Waals surface area contributed by atoms with Gasteiger partial charge in [0.15, 0.2) is 0 Å². The molecule has 0 radical (unpaired) electrons. The highest BCUT2D eigenvalue weighted by molar-refractivity contribution is 7.90. The van der Waals surface area contributed by atoms with Crippen molar-refractivity contribution in [3.8, 4) is 0 Å². The van der Waals surface area contributed by atoms with Crippen LogP contribution in [0.2, 0.25) is 0 Å². The van der Waals surface area contributed by atoms with Crippen molar-refractivity contribution in [2.75, 3.05) is 6.26 Å². The highest BCUT2D eigenvalue weighted by atomic mass is 127. The molecule has 0 aliphatic rings. The first-order valence-corrected chi connectivity index (χ1v) is 5.97. The Balaban J connectivity index is 0.00000112. The average molecular weight is 339 g/mol. The summed E-state index contributed by atoms with van der Waals surface area (Å²) in [6.07, 6.45) is 1.13. The van der Waals surface area contributed by atoms with Crippen molar-refractivity contribution < 1.29 is 41.4 Å². The molecule has 1 heterocycles. The largest absolute Gasteiger partial charge is 1.00 e. The number of para-hydroxylation sites is 2. The first-order valence-electron chi connectivity index (χ1n) is 4.08. The molecule has 0 aliphatic heterocycles. The van der Waals surface area contributed by atoms with Gasteiger partial charge in [0.25, 0.3) is 15.4 Å². The van der Waals surface area contributed by atoms with Crippen molar-refractivity contribution in [2.45, 2.75) is 5.22 Å². The monoisotopic (exact) mass is 339 g/mol. The van der Waals surface area contributed by atoms with E-state index in [9.17, 15) is 8.42 Å². The topological polar surface area (TPSA) is 51.2 Å². The van der Waals surface area contributed by atoms with Crippen LogP contribution in [0.5, 0.6) is 0 Å². The summed E-state index contributed by atoms with van der Waals surface area (Å²) in [7, 11) is -1.63. The van der Waals surface area contributed by atoms with Crippen LogP contribution < -0.4 is 28.5 Å². The summed E-state index contributed by atoms with van der Waals surface area (Å²) in [5.74, 6) is 0. The summed E-state index contributed by atoms with van der Waals surface area (Å²) in [6, 6.07) is 7.19. The number of oxazole rings is 1. The zero-order chi connectivity index (χ0) is 10.3. The third-order valence-electron chi connectivity index (χ3n) is 2.01. The molecule has 0 saturated heterocycles. The van der Waals surface area contributed by atoms with E-state index in [0.717, 1.165) is 11.8 Å². The highest BCUT2D eigenvalue weighted by Crippen LogP contribution is 2.15. The first-order chi connectivity index (χ1) is 6.50. The molecule has 0 bridgehead atoms. The lowest BCUT2D eigenvalue weighted by Gasteiger charge is -1.85. The van der Waals surface area contributed by atoms with Crippen LogP contribution in [0.15, 0.2) is 33.9 Å². The Bertz CT molecular complexity index is 588. The normalized spacial score (nSPS) is 11.3. The van der Waals surface area contributed by atoms with E-state index >= 15 is 0 Å². The molecule has 0 atom stereocenters. The number of halogens is 1. The average Bonchev–Trinajstić information content (AvgIpc) is 2.44. The fourth-order valence-corrected chi connectivity index (χ4v) is 2.24. The van der Waals surface area contributed by atoms with E-state index in [1.807, 2.05) is 12.1 Å². The third-order valence-corrected chi connectivity index (χ3v) is 3.01. The van der Waals surface area contributed by atoms with E-state index in [4.69, 9.17) is 4.42 Å². The second-order valence-electron chi connectivity index (χ2n) is 3.17. The second-order valence-corrected chi connectivity index (χ2v) is 5.06. The number of aryl methyl sites for hydroxylation is 1. The summed E-state index contributed by atoms with van der Waals surface area (Å²) in [4.78, 5) is 0. The lowest BCUT2D eigenvalue weighted by Crippen LogP contribution is -3.00. The maximum absolute atomic E-state index is 11.3. The molecule has 0 amide bonds. The molecule has 1 aromatic carbocycles.